The predicted octanol–water partition coefficient (Wildman–Crippen LogP) is 0.397. The van der Waals surface area contributed by atoms with Crippen LogP contribution in [0.5, 0.6) is 0 Å². The molecule has 1 aromatic rings. The van der Waals surface area contributed by atoms with Crippen molar-refractivity contribution in [2.24, 2.45) is 0 Å². The molecule has 0 saturated carbocycles. The Balaban J connectivity index is 1.70. The number of hydrogen-bond acceptors (Lipinski definition) is 4. The molecule has 1 aliphatic rings. The van der Waals surface area contributed by atoms with E-state index in [0.29, 0.717) is 18.9 Å². The summed E-state index contributed by atoms with van der Waals surface area (Å²) in [4.78, 5) is 11.5. The minimum atomic E-state index is -0.131. The highest BCUT2D eigenvalue weighted by Crippen LogP contribution is 2.01. The summed E-state index contributed by atoms with van der Waals surface area (Å²) in [7, 11) is 0. The molecule has 1 amide bonds. The van der Waals surface area contributed by atoms with E-state index in [9.17, 15) is 4.79 Å². The predicted molar refractivity (Wildman–Crippen MR) is 63.4 cm³/mol. The van der Waals surface area contributed by atoms with Crippen molar-refractivity contribution in [1.82, 2.24) is 10.6 Å². The minimum Gasteiger partial charge on any atom is -0.465 e. The van der Waals surface area contributed by atoms with Crippen LogP contribution in [0, 0.1) is 0 Å². The van der Waals surface area contributed by atoms with Crippen LogP contribution in [-0.4, -0.2) is 38.3 Å². The van der Waals surface area contributed by atoms with Gasteiger partial charge in [-0.2, -0.15) is 0 Å². The second-order valence-corrected chi connectivity index (χ2v) is 3.82. The first-order valence-corrected chi connectivity index (χ1v) is 5.65. The van der Waals surface area contributed by atoms with Crippen LogP contribution in [0.2, 0.25) is 0 Å². The third kappa shape index (κ3) is 4.05. The Kier molecular flexibility index (Phi) is 4.35. The van der Waals surface area contributed by atoms with Crippen molar-refractivity contribution in [2.75, 3.05) is 26.3 Å². The first-order chi connectivity index (χ1) is 8.34. The summed E-state index contributed by atoms with van der Waals surface area (Å²) in [5.74, 6) is 0.535. The molecular formula is C12H16N2O3. The van der Waals surface area contributed by atoms with Gasteiger partial charge in [-0.05, 0) is 18.2 Å². The smallest absolute Gasteiger partial charge is 0.244 e. The van der Waals surface area contributed by atoms with Gasteiger partial charge in [0.25, 0.3) is 0 Å². The molecule has 1 aromatic heterocycles. The molecule has 0 radical (unpaired) electrons. The molecule has 1 saturated heterocycles. The maximum absolute atomic E-state index is 11.5. The van der Waals surface area contributed by atoms with Crippen LogP contribution in [0.25, 0.3) is 6.08 Å². The SMILES string of the molecule is O=C(/C=C/c1ccco1)NCC1COCCN1. The second-order valence-electron chi connectivity index (χ2n) is 3.82. The number of ether oxygens (including phenoxy) is 1. The molecule has 92 valence electrons. The second kappa shape index (κ2) is 6.22. The zero-order valence-electron chi connectivity index (χ0n) is 9.52. The number of morpholine rings is 1. The van der Waals surface area contributed by atoms with Crippen molar-refractivity contribution in [3.63, 3.8) is 0 Å². The maximum Gasteiger partial charge on any atom is 0.244 e. The quantitative estimate of drug-likeness (QED) is 0.743. The van der Waals surface area contributed by atoms with Crippen molar-refractivity contribution >= 4 is 12.0 Å². The Bertz CT molecular complexity index is 367. The summed E-state index contributed by atoms with van der Waals surface area (Å²) in [6, 6.07) is 3.77. The molecular weight excluding hydrogens is 220 g/mol. The van der Waals surface area contributed by atoms with Gasteiger partial charge >= 0.3 is 0 Å². The standard InChI is InChI=1S/C12H16N2O3/c15-12(4-3-11-2-1-6-17-11)14-8-10-9-16-7-5-13-10/h1-4,6,10,13H,5,7-9H2,(H,14,15)/b4-3+. The van der Waals surface area contributed by atoms with Crippen LogP contribution >= 0.6 is 0 Å². The van der Waals surface area contributed by atoms with Crippen LogP contribution in [0.15, 0.2) is 28.9 Å². The molecule has 2 rings (SSSR count). The summed E-state index contributed by atoms with van der Waals surface area (Å²) < 4.78 is 10.4. The molecule has 2 N–H and O–H groups in total. The zero-order valence-corrected chi connectivity index (χ0v) is 9.52. The number of hydrogen-bond donors (Lipinski definition) is 2. The van der Waals surface area contributed by atoms with Crippen molar-refractivity contribution < 1.29 is 13.9 Å². The lowest BCUT2D eigenvalue weighted by molar-refractivity contribution is -0.116. The molecule has 1 fully saturated rings. The zero-order chi connectivity index (χ0) is 11.9. The number of nitrogens with one attached hydrogen (secondary N) is 2. The van der Waals surface area contributed by atoms with E-state index in [1.807, 2.05) is 0 Å². The topological polar surface area (TPSA) is 63.5 Å². The highest BCUT2D eigenvalue weighted by Gasteiger charge is 2.12. The van der Waals surface area contributed by atoms with Gasteiger partial charge in [-0.1, -0.05) is 0 Å². The first-order valence-electron chi connectivity index (χ1n) is 5.65. The van der Waals surface area contributed by atoms with Crippen molar-refractivity contribution in [1.29, 1.82) is 0 Å². The average Bonchev–Trinajstić information content (AvgIpc) is 2.88. The molecule has 0 bridgehead atoms. The van der Waals surface area contributed by atoms with E-state index in [1.165, 1.54) is 6.08 Å². The van der Waals surface area contributed by atoms with Crippen LogP contribution in [0.4, 0.5) is 0 Å². The molecule has 5 heteroatoms. The average molecular weight is 236 g/mol. The Morgan fingerprint density at radius 3 is 3.29 bits per heavy atom. The fraction of sp³-hybridized carbons (Fsp3) is 0.417. The van der Waals surface area contributed by atoms with Crippen molar-refractivity contribution in [3.8, 4) is 0 Å². The summed E-state index contributed by atoms with van der Waals surface area (Å²) >= 11 is 0. The molecule has 0 aliphatic carbocycles. The molecule has 17 heavy (non-hydrogen) atoms. The van der Waals surface area contributed by atoms with Gasteiger partial charge in [0.1, 0.15) is 5.76 Å². The van der Waals surface area contributed by atoms with E-state index < -0.39 is 0 Å². The number of amides is 1. The van der Waals surface area contributed by atoms with E-state index in [1.54, 1.807) is 24.5 Å². The molecule has 2 heterocycles. The van der Waals surface area contributed by atoms with E-state index in [2.05, 4.69) is 10.6 Å². The molecule has 1 unspecified atom stereocenters. The van der Waals surface area contributed by atoms with E-state index in [-0.39, 0.29) is 11.9 Å². The maximum atomic E-state index is 11.5. The molecule has 0 spiro atoms. The van der Waals surface area contributed by atoms with E-state index in [0.717, 1.165) is 13.2 Å². The number of furan rings is 1. The van der Waals surface area contributed by atoms with Crippen molar-refractivity contribution in [2.45, 2.75) is 6.04 Å². The van der Waals surface area contributed by atoms with Gasteiger partial charge in [-0.3, -0.25) is 4.79 Å². The number of carbonyl (C=O) groups is 1. The lowest BCUT2D eigenvalue weighted by Gasteiger charge is -2.23. The number of carbonyl (C=O) groups excluding carboxylic acids is 1. The lowest BCUT2D eigenvalue weighted by Crippen LogP contribution is -2.48. The fourth-order valence-electron chi connectivity index (χ4n) is 1.58. The fourth-order valence-corrected chi connectivity index (χ4v) is 1.58. The van der Waals surface area contributed by atoms with Gasteiger partial charge in [0.15, 0.2) is 0 Å². The van der Waals surface area contributed by atoms with Crippen LogP contribution in [0.1, 0.15) is 5.76 Å². The first kappa shape index (κ1) is 11.9. The molecule has 1 aliphatic heterocycles. The van der Waals surface area contributed by atoms with E-state index >= 15 is 0 Å². The summed E-state index contributed by atoms with van der Waals surface area (Å²) in [6.45, 7) is 2.79. The minimum absolute atomic E-state index is 0.131. The monoisotopic (exact) mass is 236 g/mol. The van der Waals surface area contributed by atoms with Crippen molar-refractivity contribution in [3.05, 3.63) is 30.2 Å². The summed E-state index contributed by atoms with van der Waals surface area (Å²) in [5, 5.41) is 6.07. The van der Waals surface area contributed by atoms with Gasteiger partial charge in [0, 0.05) is 25.2 Å². The normalized spacial score (nSPS) is 20.6. The lowest BCUT2D eigenvalue weighted by atomic mass is 10.2. The van der Waals surface area contributed by atoms with Gasteiger partial charge in [-0.25, -0.2) is 0 Å². The molecule has 0 aromatic carbocycles. The summed E-state index contributed by atoms with van der Waals surface area (Å²) in [6.07, 6.45) is 4.67. The Hall–Kier alpha value is -1.59. The highest BCUT2D eigenvalue weighted by molar-refractivity contribution is 5.91. The van der Waals surface area contributed by atoms with Crippen LogP contribution in [0.3, 0.4) is 0 Å². The van der Waals surface area contributed by atoms with Gasteiger partial charge in [-0.15, -0.1) is 0 Å². The van der Waals surface area contributed by atoms with Crippen LogP contribution < -0.4 is 10.6 Å². The Labute approximate surface area is 99.8 Å². The van der Waals surface area contributed by atoms with Gasteiger partial charge < -0.3 is 19.8 Å². The largest absolute Gasteiger partial charge is 0.465 e. The van der Waals surface area contributed by atoms with Gasteiger partial charge in [0.2, 0.25) is 5.91 Å². The Morgan fingerprint density at radius 1 is 1.65 bits per heavy atom. The molecule has 1 atom stereocenters. The third-order valence-corrected chi connectivity index (χ3v) is 2.46. The van der Waals surface area contributed by atoms with Crippen LogP contribution in [-0.2, 0) is 9.53 Å². The third-order valence-electron chi connectivity index (χ3n) is 2.46. The highest BCUT2D eigenvalue weighted by atomic mass is 16.5. The Morgan fingerprint density at radius 2 is 2.59 bits per heavy atom. The van der Waals surface area contributed by atoms with E-state index in [4.69, 9.17) is 9.15 Å². The molecule has 5 nitrogen and oxygen atoms in total. The summed E-state index contributed by atoms with van der Waals surface area (Å²) in [5.41, 5.74) is 0. The number of rotatable bonds is 4. The van der Waals surface area contributed by atoms with Gasteiger partial charge in [0.05, 0.1) is 19.5 Å².